The first kappa shape index (κ1) is 26.4. The Labute approximate surface area is 218 Å². The van der Waals surface area contributed by atoms with Crippen molar-refractivity contribution in [2.45, 2.75) is 26.4 Å². The van der Waals surface area contributed by atoms with Crippen LogP contribution in [0, 0.1) is 0 Å². The molecule has 3 aromatic rings. The summed E-state index contributed by atoms with van der Waals surface area (Å²) < 4.78 is 11.0. The van der Waals surface area contributed by atoms with Gasteiger partial charge in [0.25, 0.3) is 0 Å². The molecule has 8 nitrogen and oxygen atoms in total. The van der Waals surface area contributed by atoms with Crippen LogP contribution < -0.4 is 5.32 Å². The molecule has 0 spiro atoms. The summed E-state index contributed by atoms with van der Waals surface area (Å²) in [5.74, 6) is 0.560. The Kier molecular flexibility index (Phi) is 9.74. The summed E-state index contributed by atoms with van der Waals surface area (Å²) in [5, 5.41) is 3.00. The van der Waals surface area contributed by atoms with E-state index in [0.29, 0.717) is 45.2 Å². The second-order valence-corrected chi connectivity index (χ2v) is 9.17. The summed E-state index contributed by atoms with van der Waals surface area (Å²) in [6.45, 7) is 6.93. The standard InChI is InChI=1S/C29H36N4O4/c1-2-24-10-6-11-26(20-24)30-29(35)32(14-13-31-15-18-36-19-16-31)23-28(34)33(22-27-12-7-17-37-27)21-25-8-4-3-5-9-25/h3-12,17,20H,2,13-16,18-19,21-23H2,1H3,(H,30,35). The molecule has 2 heterocycles. The number of hydrogen-bond acceptors (Lipinski definition) is 5. The molecule has 0 radical (unpaired) electrons. The molecule has 0 saturated carbocycles. The van der Waals surface area contributed by atoms with E-state index in [-0.39, 0.29) is 18.5 Å². The molecular weight excluding hydrogens is 468 g/mol. The van der Waals surface area contributed by atoms with E-state index in [1.54, 1.807) is 16.1 Å². The highest BCUT2D eigenvalue weighted by atomic mass is 16.5. The van der Waals surface area contributed by atoms with E-state index in [0.717, 1.165) is 36.3 Å². The number of ether oxygens (including phenoxy) is 1. The summed E-state index contributed by atoms with van der Waals surface area (Å²) in [6, 6.07) is 21.0. The Bertz CT molecular complexity index is 1110. The van der Waals surface area contributed by atoms with Gasteiger partial charge in [-0.3, -0.25) is 9.69 Å². The smallest absolute Gasteiger partial charge is 0.322 e. The minimum absolute atomic E-state index is 0.0306. The monoisotopic (exact) mass is 504 g/mol. The molecule has 1 N–H and O–H groups in total. The molecule has 0 atom stereocenters. The van der Waals surface area contributed by atoms with E-state index in [1.807, 2.05) is 66.7 Å². The number of urea groups is 1. The largest absolute Gasteiger partial charge is 0.467 e. The van der Waals surface area contributed by atoms with Crippen LogP contribution in [0.15, 0.2) is 77.4 Å². The summed E-state index contributed by atoms with van der Waals surface area (Å²) in [5.41, 5.74) is 2.88. The number of furan rings is 1. The van der Waals surface area contributed by atoms with Gasteiger partial charge in [-0.05, 0) is 41.8 Å². The van der Waals surface area contributed by atoms with Crippen molar-refractivity contribution in [3.05, 3.63) is 89.9 Å². The maximum Gasteiger partial charge on any atom is 0.322 e. The first-order valence-corrected chi connectivity index (χ1v) is 12.9. The van der Waals surface area contributed by atoms with Crippen molar-refractivity contribution >= 4 is 17.6 Å². The Morgan fingerprint density at radius 2 is 1.70 bits per heavy atom. The average molecular weight is 505 g/mol. The first-order valence-electron chi connectivity index (χ1n) is 12.9. The first-order chi connectivity index (χ1) is 18.1. The third-order valence-electron chi connectivity index (χ3n) is 6.49. The Hall–Kier alpha value is -3.62. The van der Waals surface area contributed by atoms with Crippen molar-refractivity contribution in [3.63, 3.8) is 0 Å². The highest BCUT2D eigenvalue weighted by Gasteiger charge is 2.24. The third-order valence-corrected chi connectivity index (χ3v) is 6.49. The molecule has 196 valence electrons. The lowest BCUT2D eigenvalue weighted by Crippen LogP contribution is -2.48. The van der Waals surface area contributed by atoms with Gasteiger partial charge in [0.2, 0.25) is 5.91 Å². The molecular formula is C29H36N4O4. The number of rotatable bonds is 11. The van der Waals surface area contributed by atoms with Crippen LogP contribution in [0.5, 0.6) is 0 Å². The van der Waals surface area contributed by atoms with E-state index in [4.69, 9.17) is 9.15 Å². The fourth-order valence-corrected chi connectivity index (χ4v) is 4.30. The number of hydrogen-bond donors (Lipinski definition) is 1. The number of carbonyl (C=O) groups is 2. The predicted octanol–water partition coefficient (Wildman–Crippen LogP) is 4.24. The van der Waals surface area contributed by atoms with Gasteiger partial charge in [-0.25, -0.2) is 4.79 Å². The second-order valence-electron chi connectivity index (χ2n) is 9.17. The minimum Gasteiger partial charge on any atom is -0.467 e. The summed E-state index contributed by atoms with van der Waals surface area (Å²) >= 11 is 0. The van der Waals surface area contributed by atoms with Crippen LogP contribution in [0.3, 0.4) is 0 Å². The number of nitrogens with one attached hydrogen (secondary N) is 1. The highest BCUT2D eigenvalue weighted by Crippen LogP contribution is 2.14. The Morgan fingerprint density at radius 1 is 0.919 bits per heavy atom. The van der Waals surface area contributed by atoms with Crippen LogP contribution in [0.4, 0.5) is 10.5 Å². The zero-order valence-electron chi connectivity index (χ0n) is 21.5. The van der Waals surface area contributed by atoms with E-state index in [2.05, 4.69) is 17.1 Å². The molecule has 37 heavy (non-hydrogen) atoms. The van der Waals surface area contributed by atoms with Gasteiger partial charge < -0.3 is 24.3 Å². The zero-order valence-corrected chi connectivity index (χ0v) is 21.5. The van der Waals surface area contributed by atoms with Crippen molar-refractivity contribution in [2.75, 3.05) is 51.3 Å². The number of aryl methyl sites for hydroxylation is 1. The molecule has 0 bridgehead atoms. The summed E-state index contributed by atoms with van der Waals surface area (Å²) in [6.07, 6.45) is 2.48. The van der Waals surface area contributed by atoms with E-state index in [1.165, 1.54) is 0 Å². The lowest BCUT2D eigenvalue weighted by molar-refractivity contribution is -0.133. The fraction of sp³-hybridized carbons (Fsp3) is 0.379. The van der Waals surface area contributed by atoms with Crippen LogP contribution in [0.2, 0.25) is 0 Å². The molecule has 1 saturated heterocycles. The molecule has 4 rings (SSSR count). The lowest BCUT2D eigenvalue weighted by atomic mass is 10.1. The lowest BCUT2D eigenvalue weighted by Gasteiger charge is -2.31. The highest BCUT2D eigenvalue weighted by molar-refractivity contribution is 5.92. The van der Waals surface area contributed by atoms with Crippen molar-refractivity contribution in [2.24, 2.45) is 0 Å². The molecule has 0 unspecified atom stereocenters. The van der Waals surface area contributed by atoms with Gasteiger partial charge >= 0.3 is 6.03 Å². The van der Waals surface area contributed by atoms with E-state index in [9.17, 15) is 9.59 Å². The molecule has 1 aliphatic rings. The molecule has 1 aliphatic heterocycles. The zero-order chi connectivity index (χ0) is 25.9. The molecule has 3 amide bonds. The normalized spacial score (nSPS) is 13.8. The van der Waals surface area contributed by atoms with Crippen LogP contribution in [0.1, 0.15) is 23.8 Å². The molecule has 2 aromatic carbocycles. The average Bonchev–Trinajstić information content (AvgIpc) is 3.45. The predicted molar refractivity (Wildman–Crippen MR) is 143 cm³/mol. The van der Waals surface area contributed by atoms with Crippen LogP contribution >= 0.6 is 0 Å². The van der Waals surface area contributed by atoms with Gasteiger partial charge in [0.1, 0.15) is 12.3 Å². The van der Waals surface area contributed by atoms with Crippen molar-refractivity contribution in [1.29, 1.82) is 0 Å². The van der Waals surface area contributed by atoms with Gasteiger partial charge in [-0.15, -0.1) is 0 Å². The topological polar surface area (TPSA) is 78.3 Å². The maximum absolute atomic E-state index is 13.6. The molecule has 0 aliphatic carbocycles. The van der Waals surface area contributed by atoms with Crippen molar-refractivity contribution in [3.8, 4) is 0 Å². The van der Waals surface area contributed by atoms with Gasteiger partial charge in [0.15, 0.2) is 0 Å². The number of benzene rings is 2. The number of carbonyl (C=O) groups excluding carboxylic acids is 2. The van der Waals surface area contributed by atoms with Crippen molar-refractivity contribution in [1.82, 2.24) is 14.7 Å². The number of anilines is 1. The minimum atomic E-state index is -0.285. The van der Waals surface area contributed by atoms with E-state index < -0.39 is 0 Å². The summed E-state index contributed by atoms with van der Waals surface area (Å²) in [7, 11) is 0. The second kappa shape index (κ2) is 13.6. The maximum atomic E-state index is 13.6. The Balaban J connectivity index is 1.48. The van der Waals surface area contributed by atoms with E-state index >= 15 is 0 Å². The van der Waals surface area contributed by atoms with Crippen LogP contribution in [-0.2, 0) is 29.0 Å². The third kappa shape index (κ3) is 8.20. The quantitative estimate of drug-likeness (QED) is 0.423. The molecule has 8 heteroatoms. The van der Waals surface area contributed by atoms with Gasteiger partial charge in [-0.1, -0.05) is 49.4 Å². The van der Waals surface area contributed by atoms with Gasteiger partial charge in [0.05, 0.1) is 26.0 Å². The van der Waals surface area contributed by atoms with Crippen LogP contribution in [-0.4, -0.2) is 72.6 Å². The molecule has 1 fully saturated rings. The van der Waals surface area contributed by atoms with Crippen LogP contribution in [0.25, 0.3) is 0 Å². The SMILES string of the molecule is CCc1cccc(NC(=O)N(CCN2CCOCC2)CC(=O)N(Cc2ccccc2)Cc2ccco2)c1. The molecule has 1 aromatic heterocycles. The number of amides is 3. The fourth-order valence-electron chi connectivity index (χ4n) is 4.30. The number of nitrogens with zero attached hydrogens (tertiary/aromatic N) is 3. The number of morpholine rings is 1. The Morgan fingerprint density at radius 3 is 2.43 bits per heavy atom. The van der Waals surface area contributed by atoms with Crippen molar-refractivity contribution < 1.29 is 18.7 Å². The summed E-state index contributed by atoms with van der Waals surface area (Å²) in [4.78, 5) is 32.6. The van der Waals surface area contributed by atoms with Gasteiger partial charge in [-0.2, -0.15) is 0 Å². The van der Waals surface area contributed by atoms with Gasteiger partial charge in [0, 0.05) is 38.4 Å².